The highest BCUT2D eigenvalue weighted by molar-refractivity contribution is 5.83. The molecule has 4 N–H and O–H groups in total. The molecule has 4 rings (SSSR count). The van der Waals surface area contributed by atoms with E-state index in [9.17, 15) is 14.3 Å². The summed E-state index contributed by atoms with van der Waals surface area (Å²) in [6.45, 7) is 0. The first-order chi connectivity index (χ1) is 13.1. The van der Waals surface area contributed by atoms with Crippen molar-refractivity contribution in [2.45, 2.75) is 12.5 Å². The SMILES string of the molecule is O=C(O)NC(Cc1c[nH]c2ccccc12)c1nc(-c2ccc(F)cn2)c[nH]1. The molecule has 136 valence electrons. The molecule has 0 saturated heterocycles. The van der Waals surface area contributed by atoms with Gasteiger partial charge in [-0.2, -0.15) is 0 Å². The summed E-state index contributed by atoms with van der Waals surface area (Å²) >= 11 is 0. The number of halogens is 1. The monoisotopic (exact) mass is 365 g/mol. The smallest absolute Gasteiger partial charge is 0.405 e. The molecule has 0 fully saturated rings. The van der Waals surface area contributed by atoms with Crippen LogP contribution in [0.1, 0.15) is 17.4 Å². The van der Waals surface area contributed by atoms with Crippen molar-refractivity contribution in [2.24, 2.45) is 0 Å². The third kappa shape index (κ3) is 3.50. The highest BCUT2D eigenvalue weighted by atomic mass is 19.1. The minimum Gasteiger partial charge on any atom is -0.465 e. The summed E-state index contributed by atoms with van der Waals surface area (Å²) in [7, 11) is 0. The molecule has 0 radical (unpaired) electrons. The Balaban J connectivity index is 1.64. The van der Waals surface area contributed by atoms with Crippen LogP contribution in [0.4, 0.5) is 9.18 Å². The molecule has 0 aliphatic heterocycles. The van der Waals surface area contributed by atoms with Crippen molar-refractivity contribution in [1.82, 2.24) is 25.3 Å². The van der Waals surface area contributed by atoms with Gasteiger partial charge >= 0.3 is 6.09 Å². The second-order valence-electron chi connectivity index (χ2n) is 6.10. The summed E-state index contributed by atoms with van der Waals surface area (Å²) in [5.74, 6) is 0.0306. The molecular weight excluding hydrogens is 349 g/mol. The van der Waals surface area contributed by atoms with Crippen LogP contribution in [-0.4, -0.2) is 31.1 Å². The van der Waals surface area contributed by atoms with Crippen molar-refractivity contribution in [3.05, 3.63) is 72.2 Å². The van der Waals surface area contributed by atoms with Crippen molar-refractivity contribution in [3.8, 4) is 11.4 Å². The summed E-state index contributed by atoms with van der Waals surface area (Å²) in [6, 6.07) is 10.1. The van der Waals surface area contributed by atoms with Crippen molar-refractivity contribution < 1.29 is 14.3 Å². The number of hydrogen-bond acceptors (Lipinski definition) is 3. The van der Waals surface area contributed by atoms with Crippen LogP contribution in [-0.2, 0) is 6.42 Å². The van der Waals surface area contributed by atoms with E-state index in [0.717, 1.165) is 22.7 Å². The Morgan fingerprint density at radius 3 is 2.78 bits per heavy atom. The van der Waals surface area contributed by atoms with Crippen LogP contribution in [0, 0.1) is 5.82 Å². The van der Waals surface area contributed by atoms with E-state index in [1.807, 2.05) is 30.5 Å². The molecule has 3 heterocycles. The summed E-state index contributed by atoms with van der Waals surface area (Å²) in [6.07, 6.45) is 3.88. The molecule has 0 saturated carbocycles. The Hall–Kier alpha value is -3.68. The third-order valence-electron chi connectivity index (χ3n) is 4.31. The second-order valence-corrected chi connectivity index (χ2v) is 6.10. The predicted octanol–water partition coefficient (Wildman–Crippen LogP) is 3.64. The Morgan fingerprint density at radius 2 is 2.00 bits per heavy atom. The number of carbonyl (C=O) groups is 1. The first-order valence-electron chi connectivity index (χ1n) is 8.32. The first kappa shape index (κ1) is 16.8. The summed E-state index contributed by atoms with van der Waals surface area (Å²) in [5, 5.41) is 12.8. The van der Waals surface area contributed by atoms with Gasteiger partial charge in [-0.1, -0.05) is 18.2 Å². The Kier molecular flexibility index (Phi) is 4.29. The lowest BCUT2D eigenvalue weighted by Gasteiger charge is -2.14. The van der Waals surface area contributed by atoms with Gasteiger partial charge in [0, 0.05) is 29.7 Å². The van der Waals surface area contributed by atoms with E-state index in [-0.39, 0.29) is 0 Å². The quantitative estimate of drug-likeness (QED) is 0.433. The fourth-order valence-corrected chi connectivity index (χ4v) is 3.06. The zero-order chi connectivity index (χ0) is 18.8. The van der Waals surface area contributed by atoms with Gasteiger partial charge in [-0.25, -0.2) is 14.2 Å². The maximum Gasteiger partial charge on any atom is 0.405 e. The van der Waals surface area contributed by atoms with E-state index in [2.05, 4.69) is 25.3 Å². The number of imidazole rings is 1. The molecule has 7 nitrogen and oxygen atoms in total. The predicted molar refractivity (Wildman–Crippen MR) is 97.7 cm³/mol. The molecule has 8 heteroatoms. The maximum atomic E-state index is 13.0. The second kappa shape index (κ2) is 6.91. The first-order valence-corrected chi connectivity index (χ1v) is 8.32. The molecule has 0 spiro atoms. The van der Waals surface area contributed by atoms with Gasteiger partial charge in [-0.15, -0.1) is 0 Å². The number of rotatable bonds is 5. The van der Waals surface area contributed by atoms with Gasteiger partial charge in [0.15, 0.2) is 0 Å². The number of nitrogens with zero attached hydrogens (tertiary/aromatic N) is 2. The number of benzene rings is 1. The van der Waals surface area contributed by atoms with Crippen LogP contribution < -0.4 is 5.32 Å². The number of fused-ring (bicyclic) bond motifs is 1. The largest absolute Gasteiger partial charge is 0.465 e. The minimum atomic E-state index is -1.14. The number of aromatic nitrogens is 4. The molecule has 0 aliphatic carbocycles. The number of amides is 1. The molecule has 1 aromatic carbocycles. The van der Waals surface area contributed by atoms with Crippen LogP contribution in [0.15, 0.2) is 55.0 Å². The molecule has 0 bridgehead atoms. The van der Waals surface area contributed by atoms with E-state index in [1.54, 1.807) is 6.20 Å². The number of hydrogen-bond donors (Lipinski definition) is 4. The van der Waals surface area contributed by atoms with Crippen LogP contribution in [0.25, 0.3) is 22.3 Å². The molecule has 1 amide bonds. The molecule has 0 aliphatic rings. The lowest BCUT2D eigenvalue weighted by molar-refractivity contribution is 0.189. The summed E-state index contributed by atoms with van der Waals surface area (Å²) < 4.78 is 13.0. The highest BCUT2D eigenvalue weighted by Gasteiger charge is 2.20. The van der Waals surface area contributed by atoms with E-state index >= 15 is 0 Å². The average molecular weight is 365 g/mol. The van der Waals surface area contributed by atoms with Gasteiger partial charge in [0.1, 0.15) is 17.3 Å². The van der Waals surface area contributed by atoms with Crippen LogP contribution in [0.3, 0.4) is 0 Å². The number of nitrogens with one attached hydrogen (secondary N) is 3. The van der Waals surface area contributed by atoms with Gasteiger partial charge in [0.25, 0.3) is 0 Å². The number of H-pyrrole nitrogens is 2. The fraction of sp³-hybridized carbons (Fsp3) is 0.105. The van der Waals surface area contributed by atoms with Crippen molar-refractivity contribution >= 4 is 17.0 Å². The zero-order valence-corrected chi connectivity index (χ0v) is 14.1. The zero-order valence-electron chi connectivity index (χ0n) is 14.1. The molecule has 4 aromatic rings. The van der Waals surface area contributed by atoms with Gasteiger partial charge in [0.2, 0.25) is 0 Å². The fourth-order valence-electron chi connectivity index (χ4n) is 3.06. The van der Waals surface area contributed by atoms with Crippen LogP contribution >= 0.6 is 0 Å². The third-order valence-corrected chi connectivity index (χ3v) is 4.31. The molecule has 3 aromatic heterocycles. The maximum absolute atomic E-state index is 13.0. The van der Waals surface area contributed by atoms with E-state index < -0.39 is 18.0 Å². The molecule has 1 atom stereocenters. The lowest BCUT2D eigenvalue weighted by Crippen LogP contribution is -2.29. The number of carboxylic acid groups (broad SMARTS) is 1. The molecular formula is C19H16FN5O2. The Morgan fingerprint density at radius 1 is 1.15 bits per heavy atom. The van der Waals surface area contributed by atoms with Crippen LogP contribution in [0.5, 0.6) is 0 Å². The number of pyridine rings is 1. The highest BCUT2D eigenvalue weighted by Crippen LogP contribution is 2.25. The average Bonchev–Trinajstić information content (AvgIpc) is 3.29. The van der Waals surface area contributed by atoms with Crippen molar-refractivity contribution in [3.63, 3.8) is 0 Å². The Bertz CT molecular complexity index is 1090. The minimum absolute atomic E-state index is 0.417. The van der Waals surface area contributed by atoms with Gasteiger partial charge < -0.3 is 20.4 Å². The number of para-hydroxylation sites is 1. The van der Waals surface area contributed by atoms with E-state index in [1.165, 1.54) is 12.1 Å². The molecule has 1 unspecified atom stereocenters. The lowest BCUT2D eigenvalue weighted by atomic mass is 10.0. The van der Waals surface area contributed by atoms with Gasteiger partial charge in [-0.3, -0.25) is 4.98 Å². The van der Waals surface area contributed by atoms with Gasteiger partial charge in [0.05, 0.1) is 17.9 Å². The Labute approximate surface area is 153 Å². The normalized spacial score (nSPS) is 12.2. The standard InChI is InChI=1S/C19H16FN5O2/c20-12-5-6-15(22-9-12)17-10-23-18(24-17)16(25-19(26)27)7-11-8-21-14-4-2-1-3-13(11)14/h1-6,8-10,16,21,25H,7H2,(H,23,24)(H,26,27). The van der Waals surface area contributed by atoms with Crippen LogP contribution in [0.2, 0.25) is 0 Å². The van der Waals surface area contributed by atoms with Crippen molar-refractivity contribution in [2.75, 3.05) is 0 Å². The van der Waals surface area contributed by atoms with E-state index in [0.29, 0.717) is 23.6 Å². The van der Waals surface area contributed by atoms with Crippen molar-refractivity contribution in [1.29, 1.82) is 0 Å². The topological polar surface area (TPSA) is 107 Å². The summed E-state index contributed by atoms with van der Waals surface area (Å²) in [4.78, 5) is 25.9. The van der Waals surface area contributed by atoms with E-state index in [4.69, 9.17) is 0 Å². The number of aromatic amines is 2. The summed E-state index contributed by atoms with van der Waals surface area (Å²) in [5.41, 5.74) is 2.97. The molecule has 27 heavy (non-hydrogen) atoms. The van der Waals surface area contributed by atoms with Gasteiger partial charge in [-0.05, 0) is 23.8 Å².